The van der Waals surface area contributed by atoms with E-state index in [4.69, 9.17) is 0 Å². The smallest absolute Gasteiger partial charge is 0.253 e. The number of hydrogen-bond acceptors (Lipinski definition) is 2. The van der Waals surface area contributed by atoms with Gasteiger partial charge in [-0.05, 0) is 18.6 Å². The Bertz CT molecular complexity index is 469. The van der Waals surface area contributed by atoms with Crippen molar-refractivity contribution >= 4 is 17.5 Å². The fourth-order valence-electron chi connectivity index (χ4n) is 1.80. The fraction of sp³-hybridized carbons (Fsp3) is 0.375. The minimum absolute atomic E-state index is 0.0533. The Balaban J connectivity index is 2.67. The summed E-state index contributed by atoms with van der Waals surface area (Å²) in [4.78, 5) is 23.8. The fourth-order valence-corrected chi connectivity index (χ4v) is 1.80. The number of amides is 2. The Hall–Kier alpha value is -2.10. The SMILES string of the molecule is C=CCNC(=O)c1ccccc1NC(=O)CCCCC. The van der Waals surface area contributed by atoms with Crippen LogP contribution in [0.15, 0.2) is 36.9 Å². The van der Waals surface area contributed by atoms with E-state index >= 15 is 0 Å². The number of anilines is 1. The van der Waals surface area contributed by atoms with Crippen LogP contribution in [0.2, 0.25) is 0 Å². The molecule has 0 saturated carbocycles. The molecule has 0 saturated heterocycles. The third-order valence-electron chi connectivity index (χ3n) is 2.86. The minimum atomic E-state index is -0.214. The highest BCUT2D eigenvalue weighted by Crippen LogP contribution is 2.15. The van der Waals surface area contributed by atoms with Gasteiger partial charge in [0, 0.05) is 13.0 Å². The molecule has 1 aromatic carbocycles. The van der Waals surface area contributed by atoms with Gasteiger partial charge < -0.3 is 10.6 Å². The van der Waals surface area contributed by atoms with Gasteiger partial charge in [-0.2, -0.15) is 0 Å². The van der Waals surface area contributed by atoms with Crippen LogP contribution in [0.4, 0.5) is 5.69 Å². The number of para-hydroxylation sites is 1. The summed E-state index contributed by atoms with van der Waals surface area (Å²) < 4.78 is 0. The largest absolute Gasteiger partial charge is 0.349 e. The van der Waals surface area contributed by atoms with E-state index in [0.717, 1.165) is 19.3 Å². The van der Waals surface area contributed by atoms with E-state index in [2.05, 4.69) is 24.1 Å². The molecule has 0 radical (unpaired) electrons. The van der Waals surface area contributed by atoms with Gasteiger partial charge in [0.15, 0.2) is 0 Å². The van der Waals surface area contributed by atoms with Gasteiger partial charge in [0.1, 0.15) is 0 Å². The second kappa shape index (κ2) is 8.91. The Labute approximate surface area is 120 Å². The van der Waals surface area contributed by atoms with Crippen molar-refractivity contribution in [2.24, 2.45) is 0 Å². The number of benzene rings is 1. The van der Waals surface area contributed by atoms with E-state index in [1.54, 1.807) is 30.3 Å². The lowest BCUT2D eigenvalue weighted by molar-refractivity contribution is -0.116. The molecule has 2 N–H and O–H groups in total. The van der Waals surface area contributed by atoms with Crippen LogP contribution in [-0.2, 0) is 4.79 Å². The Morgan fingerprint density at radius 2 is 2.00 bits per heavy atom. The molecule has 1 rings (SSSR count). The number of carbonyl (C=O) groups excluding carboxylic acids is 2. The van der Waals surface area contributed by atoms with Crippen molar-refractivity contribution in [3.05, 3.63) is 42.5 Å². The number of rotatable bonds is 8. The first-order valence-electron chi connectivity index (χ1n) is 6.97. The first-order valence-corrected chi connectivity index (χ1v) is 6.97. The van der Waals surface area contributed by atoms with Gasteiger partial charge in [0.25, 0.3) is 5.91 Å². The molecule has 0 aromatic heterocycles. The van der Waals surface area contributed by atoms with Crippen molar-refractivity contribution in [2.45, 2.75) is 32.6 Å². The summed E-state index contributed by atoms with van der Waals surface area (Å²) in [5.74, 6) is -0.267. The summed E-state index contributed by atoms with van der Waals surface area (Å²) in [6.45, 7) is 6.05. The Morgan fingerprint density at radius 1 is 1.25 bits per heavy atom. The molecule has 0 unspecified atom stereocenters. The summed E-state index contributed by atoms with van der Waals surface area (Å²) in [6, 6.07) is 7.00. The molecule has 20 heavy (non-hydrogen) atoms. The number of carbonyl (C=O) groups is 2. The molecule has 2 amide bonds. The molecule has 0 bridgehead atoms. The number of hydrogen-bond donors (Lipinski definition) is 2. The van der Waals surface area contributed by atoms with Crippen LogP contribution < -0.4 is 10.6 Å². The predicted molar refractivity (Wildman–Crippen MR) is 81.7 cm³/mol. The van der Waals surface area contributed by atoms with Crippen molar-refractivity contribution in [1.29, 1.82) is 0 Å². The van der Waals surface area contributed by atoms with E-state index in [1.807, 2.05) is 0 Å². The lowest BCUT2D eigenvalue weighted by Gasteiger charge is -2.10. The van der Waals surface area contributed by atoms with Crippen molar-refractivity contribution in [2.75, 3.05) is 11.9 Å². The zero-order valence-electron chi connectivity index (χ0n) is 11.9. The second-order valence-corrected chi connectivity index (χ2v) is 4.55. The van der Waals surface area contributed by atoms with Crippen LogP contribution >= 0.6 is 0 Å². The van der Waals surface area contributed by atoms with Crippen molar-refractivity contribution < 1.29 is 9.59 Å². The van der Waals surface area contributed by atoms with Crippen LogP contribution in [0.1, 0.15) is 43.0 Å². The van der Waals surface area contributed by atoms with Crippen molar-refractivity contribution in [3.63, 3.8) is 0 Å². The highest BCUT2D eigenvalue weighted by Gasteiger charge is 2.11. The van der Waals surface area contributed by atoms with Gasteiger partial charge in [-0.3, -0.25) is 9.59 Å². The molecule has 0 aliphatic rings. The standard InChI is InChI=1S/C16H22N2O2/c1-3-5-6-11-15(19)18-14-10-8-7-9-13(14)16(20)17-12-4-2/h4,7-10H,2-3,5-6,11-12H2,1H3,(H,17,20)(H,18,19). The summed E-state index contributed by atoms with van der Waals surface area (Å²) in [7, 11) is 0. The van der Waals surface area contributed by atoms with Gasteiger partial charge >= 0.3 is 0 Å². The average molecular weight is 274 g/mol. The highest BCUT2D eigenvalue weighted by molar-refractivity contribution is 6.03. The van der Waals surface area contributed by atoms with Gasteiger partial charge in [-0.25, -0.2) is 0 Å². The third kappa shape index (κ3) is 5.26. The second-order valence-electron chi connectivity index (χ2n) is 4.55. The molecule has 4 nitrogen and oxygen atoms in total. The van der Waals surface area contributed by atoms with Crippen LogP contribution in [0, 0.1) is 0 Å². The lowest BCUT2D eigenvalue weighted by atomic mass is 10.1. The maximum atomic E-state index is 12.0. The molecular weight excluding hydrogens is 252 g/mol. The molecule has 0 aliphatic carbocycles. The summed E-state index contributed by atoms with van der Waals surface area (Å²) >= 11 is 0. The zero-order valence-corrected chi connectivity index (χ0v) is 11.9. The van der Waals surface area contributed by atoms with E-state index < -0.39 is 0 Å². The highest BCUT2D eigenvalue weighted by atomic mass is 16.2. The van der Waals surface area contributed by atoms with Gasteiger partial charge in [0.05, 0.1) is 11.3 Å². The Kier molecular flexibility index (Phi) is 7.11. The predicted octanol–water partition coefficient (Wildman–Crippen LogP) is 3.12. The van der Waals surface area contributed by atoms with E-state index in [-0.39, 0.29) is 11.8 Å². The zero-order chi connectivity index (χ0) is 14.8. The molecule has 4 heteroatoms. The molecule has 0 aliphatic heterocycles. The van der Waals surface area contributed by atoms with E-state index in [1.165, 1.54) is 0 Å². The maximum absolute atomic E-state index is 12.0. The topological polar surface area (TPSA) is 58.2 Å². The quantitative estimate of drug-likeness (QED) is 0.565. The first kappa shape index (κ1) is 16.0. The van der Waals surface area contributed by atoms with Crippen LogP contribution in [0.5, 0.6) is 0 Å². The molecule has 1 aromatic rings. The van der Waals surface area contributed by atoms with Gasteiger partial charge in [-0.1, -0.05) is 38.0 Å². The molecule has 0 spiro atoms. The molecule has 0 atom stereocenters. The van der Waals surface area contributed by atoms with Gasteiger partial charge in [0.2, 0.25) is 5.91 Å². The number of nitrogens with one attached hydrogen (secondary N) is 2. The van der Waals surface area contributed by atoms with Crippen LogP contribution in [-0.4, -0.2) is 18.4 Å². The third-order valence-corrected chi connectivity index (χ3v) is 2.86. The maximum Gasteiger partial charge on any atom is 0.253 e. The van der Waals surface area contributed by atoms with Gasteiger partial charge in [-0.15, -0.1) is 6.58 Å². The Morgan fingerprint density at radius 3 is 2.70 bits per heavy atom. The average Bonchev–Trinajstić information content (AvgIpc) is 2.45. The minimum Gasteiger partial charge on any atom is -0.349 e. The summed E-state index contributed by atoms with van der Waals surface area (Å²) in [6.07, 6.45) is 5.08. The summed E-state index contributed by atoms with van der Waals surface area (Å²) in [5, 5.41) is 5.51. The molecule has 108 valence electrons. The van der Waals surface area contributed by atoms with Crippen LogP contribution in [0.25, 0.3) is 0 Å². The monoisotopic (exact) mass is 274 g/mol. The van der Waals surface area contributed by atoms with Crippen molar-refractivity contribution in [1.82, 2.24) is 5.32 Å². The van der Waals surface area contributed by atoms with E-state index in [9.17, 15) is 9.59 Å². The summed E-state index contributed by atoms with van der Waals surface area (Å²) in [5.41, 5.74) is 1.02. The molecular formula is C16H22N2O2. The normalized spacial score (nSPS) is 9.85. The molecule has 0 heterocycles. The first-order chi connectivity index (χ1) is 9.69. The lowest BCUT2D eigenvalue weighted by Crippen LogP contribution is -2.25. The van der Waals surface area contributed by atoms with Crippen LogP contribution in [0.3, 0.4) is 0 Å². The molecule has 0 fully saturated rings. The van der Waals surface area contributed by atoms with Crippen molar-refractivity contribution in [3.8, 4) is 0 Å². The number of unbranched alkanes of at least 4 members (excludes halogenated alkanes) is 2. The van der Waals surface area contributed by atoms with E-state index in [0.29, 0.717) is 24.2 Å².